The van der Waals surface area contributed by atoms with E-state index in [1.807, 2.05) is 24.3 Å². The lowest BCUT2D eigenvalue weighted by atomic mass is 10.1. The summed E-state index contributed by atoms with van der Waals surface area (Å²) in [6.45, 7) is 4.29. The van der Waals surface area contributed by atoms with Gasteiger partial charge in [-0.05, 0) is 36.6 Å². The van der Waals surface area contributed by atoms with Gasteiger partial charge in [0.1, 0.15) is 5.15 Å². The van der Waals surface area contributed by atoms with Crippen LogP contribution >= 0.6 is 39.1 Å². The van der Waals surface area contributed by atoms with Crippen LogP contribution in [-0.2, 0) is 6.42 Å². The summed E-state index contributed by atoms with van der Waals surface area (Å²) in [6, 6.07) is 7.33. The van der Waals surface area contributed by atoms with Crippen LogP contribution in [0.3, 0.4) is 0 Å². The minimum Gasteiger partial charge on any atom is -0.233 e. The molecule has 100 valence electrons. The van der Waals surface area contributed by atoms with Crippen LogP contribution in [0.5, 0.6) is 0 Å². The van der Waals surface area contributed by atoms with Crippen molar-refractivity contribution in [2.75, 3.05) is 0 Å². The smallest absolute Gasteiger partial charge is 0.162 e. The normalized spacial score (nSPS) is 11.1. The van der Waals surface area contributed by atoms with Crippen LogP contribution in [0.1, 0.15) is 19.5 Å². The number of hydrogen-bond donors (Lipinski definition) is 0. The minimum atomic E-state index is 0.451. The fraction of sp³-hybridized carbons (Fsp3) is 0.286. The zero-order valence-corrected chi connectivity index (χ0v) is 13.7. The van der Waals surface area contributed by atoms with Gasteiger partial charge in [0.2, 0.25) is 0 Å². The molecule has 2 aromatic rings. The van der Waals surface area contributed by atoms with E-state index in [1.54, 1.807) is 0 Å². The van der Waals surface area contributed by atoms with Crippen LogP contribution in [0.25, 0.3) is 11.4 Å². The molecular weight excluding hydrogens is 347 g/mol. The Morgan fingerprint density at radius 3 is 2.58 bits per heavy atom. The number of nitrogens with zero attached hydrogens (tertiary/aromatic N) is 2. The number of hydrogen-bond acceptors (Lipinski definition) is 2. The Kier molecular flexibility index (Phi) is 4.82. The van der Waals surface area contributed by atoms with Gasteiger partial charge in [-0.25, -0.2) is 9.97 Å². The Balaban J connectivity index is 2.49. The first-order chi connectivity index (χ1) is 8.95. The summed E-state index contributed by atoms with van der Waals surface area (Å²) >= 11 is 15.6. The molecule has 5 heteroatoms. The molecule has 1 heterocycles. The third-order valence-corrected chi connectivity index (χ3v) is 3.65. The van der Waals surface area contributed by atoms with Gasteiger partial charge in [0.05, 0.1) is 0 Å². The van der Waals surface area contributed by atoms with E-state index >= 15 is 0 Å². The number of aromatic nitrogens is 2. The molecule has 2 nitrogen and oxygen atoms in total. The third kappa shape index (κ3) is 3.91. The second kappa shape index (κ2) is 6.21. The van der Waals surface area contributed by atoms with Gasteiger partial charge in [0.15, 0.2) is 5.82 Å². The highest BCUT2D eigenvalue weighted by molar-refractivity contribution is 9.10. The SMILES string of the molecule is CC(C)Cc1cc(Cl)nc(-c2cc(Cl)ccc2Br)n1. The lowest BCUT2D eigenvalue weighted by molar-refractivity contribution is 0.634. The van der Waals surface area contributed by atoms with E-state index in [1.165, 1.54) is 0 Å². The molecule has 19 heavy (non-hydrogen) atoms. The number of benzene rings is 1. The topological polar surface area (TPSA) is 25.8 Å². The van der Waals surface area contributed by atoms with Gasteiger partial charge in [-0.3, -0.25) is 0 Å². The summed E-state index contributed by atoms with van der Waals surface area (Å²) in [7, 11) is 0. The Morgan fingerprint density at radius 1 is 1.16 bits per heavy atom. The average Bonchev–Trinajstić information content (AvgIpc) is 2.30. The van der Waals surface area contributed by atoms with E-state index < -0.39 is 0 Å². The van der Waals surface area contributed by atoms with Crippen LogP contribution in [0, 0.1) is 5.92 Å². The van der Waals surface area contributed by atoms with Crippen LogP contribution in [0.4, 0.5) is 0 Å². The van der Waals surface area contributed by atoms with Crippen molar-refractivity contribution in [2.24, 2.45) is 5.92 Å². The van der Waals surface area contributed by atoms with Crippen molar-refractivity contribution in [1.82, 2.24) is 9.97 Å². The lowest BCUT2D eigenvalue weighted by Crippen LogP contribution is -2.01. The third-order valence-electron chi connectivity index (χ3n) is 2.53. The molecule has 0 aliphatic heterocycles. The fourth-order valence-electron chi connectivity index (χ4n) is 1.78. The predicted molar refractivity (Wildman–Crippen MR) is 83.7 cm³/mol. The highest BCUT2D eigenvalue weighted by Gasteiger charge is 2.11. The molecule has 0 fully saturated rings. The largest absolute Gasteiger partial charge is 0.233 e. The standard InChI is InChI=1S/C14H13BrCl2N2/c1-8(2)5-10-7-13(17)19-14(18-10)11-6-9(16)3-4-12(11)15/h3-4,6-8H,5H2,1-2H3. The van der Waals surface area contributed by atoms with Gasteiger partial charge in [-0.15, -0.1) is 0 Å². The molecule has 0 saturated heterocycles. The molecule has 0 bridgehead atoms. The Morgan fingerprint density at radius 2 is 1.89 bits per heavy atom. The van der Waals surface area contributed by atoms with Crippen molar-refractivity contribution < 1.29 is 0 Å². The van der Waals surface area contributed by atoms with Crippen molar-refractivity contribution in [2.45, 2.75) is 20.3 Å². The molecule has 0 spiro atoms. The van der Waals surface area contributed by atoms with E-state index in [2.05, 4.69) is 39.7 Å². The predicted octanol–water partition coefficient (Wildman–Crippen LogP) is 5.41. The van der Waals surface area contributed by atoms with Crippen molar-refractivity contribution >= 4 is 39.1 Å². The van der Waals surface area contributed by atoms with Crippen molar-refractivity contribution in [3.63, 3.8) is 0 Å². The molecule has 1 aromatic carbocycles. The molecule has 0 radical (unpaired) electrons. The van der Waals surface area contributed by atoms with Crippen LogP contribution < -0.4 is 0 Å². The van der Waals surface area contributed by atoms with Crippen molar-refractivity contribution in [3.05, 3.63) is 44.6 Å². The Hall–Kier alpha value is -0.640. The van der Waals surface area contributed by atoms with Crippen LogP contribution in [0.2, 0.25) is 10.2 Å². The molecule has 0 N–H and O–H groups in total. The molecule has 0 amide bonds. The second-order valence-corrected chi connectivity index (χ2v) is 6.41. The maximum atomic E-state index is 6.08. The summed E-state index contributed by atoms with van der Waals surface area (Å²) in [5, 5.41) is 1.10. The molecule has 2 rings (SSSR count). The van der Waals surface area contributed by atoms with Gasteiger partial charge >= 0.3 is 0 Å². The van der Waals surface area contributed by atoms with E-state index in [4.69, 9.17) is 23.2 Å². The zero-order valence-electron chi connectivity index (χ0n) is 10.6. The second-order valence-electron chi connectivity index (χ2n) is 4.73. The summed E-state index contributed by atoms with van der Waals surface area (Å²) in [4.78, 5) is 8.84. The summed E-state index contributed by atoms with van der Waals surface area (Å²) < 4.78 is 0.898. The van der Waals surface area contributed by atoms with Gasteiger partial charge in [-0.1, -0.05) is 53.0 Å². The number of rotatable bonds is 3. The molecule has 0 aliphatic carbocycles. The van der Waals surface area contributed by atoms with Gasteiger partial charge in [-0.2, -0.15) is 0 Å². The highest BCUT2D eigenvalue weighted by Crippen LogP contribution is 2.29. The first-order valence-corrected chi connectivity index (χ1v) is 7.49. The van der Waals surface area contributed by atoms with Crippen molar-refractivity contribution in [1.29, 1.82) is 0 Å². The zero-order chi connectivity index (χ0) is 14.0. The first kappa shape index (κ1) is 14.8. The lowest BCUT2D eigenvalue weighted by Gasteiger charge is -2.09. The van der Waals surface area contributed by atoms with Crippen LogP contribution in [-0.4, -0.2) is 9.97 Å². The highest BCUT2D eigenvalue weighted by atomic mass is 79.9. The van der Waals surface area contributed by atoms with Gasteiger partial charge in [0.25, 0.3) is 0 Å². The van der Waals surface area contributed by atoms with E-state index in [0.29, 0.717) is 21.9 Å². The van der Waals surface area contributed by atoms with Crippen LogP contribution in [0.15, 0.2) is 28.7 Å². The maximum absolute atomic E-state index is 6.08. The fourth-order valence-corrected chi connectivity index (χ4v) is 2.58. The average molecular weight is 360 g/mol. The molecule has 0 atom stereocenters. The number of halogens is 3. The quantitative estimate of drug-likeness (QED) is 0.684. The minimum absolute atomic E-state index is 0.451. The Labute approximate surface area is 131 Å². The summed E-state index contributed by atoms with van der Waals surface area (Å²) in [6.07, 6.45) is 0.868. The monoisotopic (exact) mass is 358 g/mol. The molecule has 0 aliphatic rings. The van der Waals surface area contributed by atoms with Gasteiger partial charge < -0.3 is 0 Å². The molecular formula is C14H13BrCl2N2. The van der Waals surface area contributed by atoms with E-state index in [-0.39, 0.29) is 0 Å². The molecule has 0 saturated carbocycles. The maximum Gasteiger partial charge on any atom is 0.162 e. The van der Waals surface area contributed by atoms with E-state index in [9.17, 15) is 0 Å². The van der Waals surface area contributed by atoms with Crippen molar-refractivity contribution in [3.8, 4) is 11.4 Å². The summed E-state index contributed by atoms with van der Waals surface area (Å²) in [5.74, 6) is 1.11. The van der Waals surface area contributed by atoms with E-state index in [0.717, 1.165) is 22.2 Å². The summed E-state index contributed by atoms with van der Waals surface area (Å²) in [5.41, 5.74) is 1.79. The molecule has 0 unspecified atom stereocenters. The first-order valence-electron chi connectivity index (χ1n) is 5.94. The molecule has 1 aromatic heterocycles. The Bertz CT molecular complexity index is 600. The van der Waals surface area contributed by atoms with Gasteiger partial charge in [0, 0.05) is 20.8 Å².